The zero-order chi connectivity index (χ0) is 25.9. The van der Waals surface area contributed by atoms with Crippen molar-refractivity contribution < 1.29 is 27.5 Å². The summed E-state index contributed by atoms with van der Waals surface area (Å²) in [6.45, 7) is 1.31. The summed E-state index contributed by atoms with van der Waals surface area (Å²) in [7, 11) is 0. The highest BCUT2D eigenvalue weighted by atomic mass is 35.5. The van der Waals surface area contributed by atoms with Gasteiger partial charge in [0.2, 0.25) is 11.8 Å². The second kappa shape index (κ2) is 12.9. The van der Waals surface area contributed by atoms with Gasteiger partial charge in [-0.15, -0.1) is 24.8 Å². The number of fused-ring (bicyclic) bond motifs is 1. The fourth-order valence-electron chi connectivity index (χ4n) is 4.17. The standard InChI is InChI=1S/C26H25F3N4O3.2ClH/c1-15(34)32-24-13-23(6-7-31-24)36-22-5-4-17-2-3-18(10-19(17)11-22)25(35)33-21-9-16(14-30)8-20(12-21)26(27,28)29;;/h4-9,11-13,18H,2-3,10,14,30H2,1H3,(H,33,35)(H,31,32,34);2*1H/t18-;;/m0../s1. The Labute approximate surface area is 230 Å². The van der Waals surface area contributed by atoms with Crippen LogP contribution in [0.1, 0.15) is 35.6 Å². The summed E-state index contributed by atoms with van der Waals surface area (Å²) in [5.74, 6) is 0.405. The van der Waals surface area contributed by atoms with Gasteiger partial charge in [0, 0.05) is 37.3 Å². The molecule has 2 amide bonds. The van der Waals surface area contributed by atoms with Crippen LogP contribution in [0.25, 0.3) is 0 Å². The van der Waals surface area contributed by atoms with Crippen molar-refractivity contribution in [2.24, 2.45) is 11.7 Å². The van der Waals surface area contributed by atoms with Gasteiger partial charge in [-0.25, -0.2) is 4.98 Å². The topological polar surface area (TPSA) is 106 Å². The molecule has 0 aliphatic heterocycles. The number of nitrogens with one attached hydrogen (secondary N) is 2. The average Bonchev–Trinajstić information content (AvgIpc) is 2.82. The molecule has 1 atom stereocenters. The number of amides is 2. The lowest BCUT2D eigenvalue weighted by Crippen LogP contribution is -2.28. The molecular weight excluding hydrogens is 544 g/mol. The number of ether oxygens (including phenoxy) is 1. The molecule has 0 bridgehead atoms. The molecule has 1 aromatic heterocycles. The predicted octanol–water partition coefficient (Wildman–Crippen LogP) is 5.90. The number of hydrogen-bond acceptors (Lipinski definition) is 5. The third-order valence-electron chi connectivity index (χ3n) is 5.87. The van der Waals surface area contributed by atoms with Crippen LogP contribution in [0.2, 0.25) is 0 Å². The minimum Gasteiger partial charge on any atom is -0.457 e. The monoisotopic (exact) mass is 570 g/mol. The maximum absolute atomic E-state index is 13.2. The van der Waals surface area contributed by atoms with E-state index in [-0.39, 0.29) is 54.4 Å². The number of carbonyl (C=O) groups is 2. The highest BCUT2D eigenvalue weighted by Crippen LogP contribution is 2.34. The first kappa shape index (κ1) is 30.9. The summed E-state index contributed by atoms with van der Waals surface area (Å²) in [5, 5.41) is 5.23. The first-order chi connectivity index (χ1) is 17.1. The molecule has 0 unspecified atom stereocenters. The summed E-state index contributed by atoms with van der Waals surface area (Å²) in [5.41, 5.74) is 7.07. The molecule has 0 radical (unpaired) electrons. The van der Waals surface area contributed by atoms with Crippen molar-refractivity contribution >= 4 is 48.1 Å². The van der Waals surface area contributed by atoms with E-state index >= 15 is 0 Å². The Balaban J connectivity index is 0.00000253. The SMILES string of the molecule is CC(=O)Nc1cc(Oc2ccc3c(c2)C[C@@H](C(=O)Nc2cc(CN)cc(C(F)(F)F)c2)CC3)ccn1.Cl.Cl. The molecule has 2 aromatic carbocycles. The lowest BCUT2D eigenvalue weighted by molar-refractivity contribution is -0.137. The van der Waals surface area contributed by atoms with Crippen LogP contribution in [0.3, 0.4) is 0 Å². The van der Waals surface area contributed by atoms with Crippen LogP contribution < -0.4 is 21.1 Å². The maximum atomic E-state index is 13.2. The van der Waals surface area contributed by atoms with Gasteiger partial charge in [0.15, 0.2) is 0 Å². The molecule has 0 saturated carbocycles. The van der Waals surface area contributed by atoms with E-state index < -0.39 is 17.7 Å². The van der Waals surface area contributed by atoms with E-state index in [9.17, 15) is 22.8 Å². The van der Waals surface area contributed by atoms with Gasteiger partial charge in [-0.3, -0.25) is 9.59 Å². The Bertz CT molecular complexity index is 1300. The van der Waals surface area contributed by atoms with E-state index in [2.05, 4.69) is 15.6 Å². The first-order valence-electron chi connectivity index (χ1n) is 11.4. The van der Waals surface area contributed by atoms with Gasteiger partial charge in [0.05, 0.1) is 5.56 Å². The lowest BCUT2D eigenvalue weighted by atomic mass is 9.83. The Kier molecular flexibility index (Phi) is 10.5. The van der Waals surface area contributed by atoms with E-state index in [0.29, 0.717) is 36.6 Å². The van der Waals surface area contributed by atoms with E-state index in [0.717, 1.165) is 23.3 Å². The van der Waals surface area contributed by atoms with Crippen LogP contribution >= 0.6 is 24.8 Å². The van der Waals surface area contributed by atoms with Crippen LogP contribution in [0.5, 0.6) is 11.5 Å². The smallest absolute Gasteiger partial charge is 0.416 e. The van der Waals surface area contributed by atoms with E-state index in [4.69, 9.17) is 10.5 Å². The molecule has 4 N–H and O–H groups in total. The van der Waals surface area contributed by atoms with Crippen molar-refractivity contribution in [2.45, 2.75) is 38.9 Å². The maximum Gasteiger partial charge on any atom is 0.416 e. The molecule has 3 aromatic rings. The summed E-state index contributed by atoms with van der Waals surface area (Å²) >= 11 is 0. The van der Waals surface area contributed by atoms with Gasteiger partial charge in [-0.1, -0.05) is 6.07 Å². The van der Waals surface area contributed by atoms with Crippen molar-refractivity contribution in [2.75, 3.05) is 10.6 Å². The number of benzene rings is 2. The zero-order valence-corrected chi connectivity index (χ0v) is 21.9. The number of halogens is 5. The van der Waals surface area contributed by atoms with Gasteiger partial charge in [0.25, 0.3) is 0 Å². The van der Waals surface area contributed by atoms with E-state index in [1.807, 2.05) is 18.2 Å². The molecule has 1 heterocycles. The number of aryl methyl sites for hydroxylation is 1. The minimum atomic E-state index is -4.54. The summed E-state index contributed by atoms with van der Waals surface area (Å²) in [4.78, 5) is 28.3. The zero-order valence-electron chi connectivity index (χ0n) is 20.3. The van der Waals surface area contributed by atoms with Gasteiger partial charge in [-0.05, 0) is 72.4 Å². The molecule has 4 rings (SSSR count). The Morgan fingerprint density at radius 2 is 1.76 bits per heavy atom. The molecule has 1 aliphatic carbocycles. The molecule has 0 saturated heterocycles. The van der Waals surface area contributed by atoms with Gasteiger partial charge in [-0.2, -0.15) is 13.2 Å². The van der Waals surface area contributed by atoms with E-state index in [1.165, 1.54) is 19.2 Å². The number of aromatic nitrogens is 1. The van der Waals surface area contributed by atoms with Crippen LogP contribution in [0.15, 0.2) is 54.7 Å². The van der Waals surface area contributed by atoms with Crippen molar-refractivity contribution in [1.82, 2.24) is 4.98 Å². The Hall–Kier alpha value is -3.34. The van der Waals surface area contributed by atoms with Crippen molar-refractivity contribution in [1.29, 1.82) is 0 Å². The third-order valence-corrected chi connectivity index (χ3v) is 5.87. The largest absolute Gasteiger partial charge is 0.457 e. The quantitative estimate of drug-likeness (QED) is 0.342. The third kappa shape index (κ3) is 7.83. The summed E-state index contributed by atoms with van der Waals surface area (Å²) in [6, 6.07) is 12.2. The number of rotatable bonds is 6. The highest BCUT2D eigenvalue weighted by Gasteiger charge is 2.32. The number of alkyl halides is 3. The van der Waals surface area contributed by atoms with Crippen LogP contribution in [-0.2, 0) is 35.2 Å². The second-order valence-electron chi connectivity index (χ2n) is 8.64. The van der Waals surface area contributed by atoms with E-state index in [1.54, 1.807) is 12.1 Å². The number of pyridine rings is 1. The fourth-order valence-corrected chi connectivity index (χ4v) is 4.17. The molecule has 0 fully saturated rings. The number of nitrogens with zero attached hydrogens (tertiary/aromatic N) is 1. The van der Waals surface area contributed by atoms with Crippen LogP contribution in [-0.4, -0.2) is 16.8 Å². The fraction of sp³-hybridized carbons (Fsp3) is 0.269. The molecule has 38 heavy (non-hydrogen) atoms. The minimum absolute atomic E-state index is 0. The van der Waals surface area contributed by atoms with Crippen LogP contribution in [0, 0.1) is 5.92 Å². The summed E-state index contributed by atoms with van der Waals surface area (Å²) < 4.78 is 45.6. The Morgan fingerprint density at radius 1 is 1.03 bits per heavy atom. The van der Waals surface area contributed by atoms with Gasteiger partial charge >= 0.3 is 6.18 Å². The molecule has 204 valence electrons. The summed E-state index contributed by atoms with van der Waals surface area (Å²) in [6.07, 6.45) is -1.36. The molecule has 0 spiro atoms. The van der Waals surface area contributed by atoms with Crippen molar-refractivity contribution in [3.05, 3.63) is 77.0 Å². The molecular formula is C26H27Cl2F3N4O3. The number of carbonyl (C=O) groups excluding carboxylic acids is 2. The van der Waals surface area contributed by atoms with Crippen LogP contribution in [0.4, 0.5) is 24.7 Å². The Morgan fingerprint density at radius 3 is 2.45 bits per heavy atom. The molecule has 7 nitrogen and oxygen atoms in total. The normalized spacial score (nSPS) is 14.3. The second-order valence-corrected chi connectivity index (χ2v) is 8.64. The average molecular weight is 571 g/mol. The van der Waals surface area contributed by atoms with Crippen molar-refractivity contribution in [3.8, 4) is 11.5 Å². The highest BCUT2D eigenvalue weighted by molar-refractivity contribution is 5.93. The predicted molar refractivity (Wildman–Crippen MR) is 143 cm³/mol. The molecule has 1 aliphatic rings. The lowest BCUT2D eigenvalue weighted by Gasteiger charge is -2.25. The van der Waals surface area contributed by atoms with Gasteiger partial charge in [0.1, 0.15) is 17.3 Å². The first-order valence-corrected chi connectivity index (χ1v) is 11.4. The number of nitrogens with two attached hydrogens (primary N) is 1. The number of hydrogen-bond donors (Lipinski definition) is 3. The molecule has 12 heteroatoms. The number of anilines is 2. The van der Waals surface area contributed by atoms with Gasteiger partial charge < -0.3 is 21.1 Å². The van der Waals surface area contributed by atoms with Crippen molar-refractivity contribution in [3.63, 3.8) is 0 Å².